The molecular formula is C22H24N4O2. The summed E-state index contributed by atoms with van der Waals surface area (Å²) < 4.78 is 2.16. The number of rotatable bonds is 6. The molecular weight excluding hydrogens is 352 g/mol. The second-order valence-corrected chi connectivity index (χ2v) is 6.41. The van der Waals surface area contributed by atoms with Crippen molar-refractivity contribution in [3.63, 3.8) is 0 Å². The molecule has 1 heterocycles. The fourth-order valence-electron chi connectivity index (χ4n) is 2.84. The molecule has 0 bridgehead atoms. The van der Waals surface area contributed by atoms with Crippen molar-refractivity contribution in [2.45, 2.75) is 32.7 Å². The van der Waals surface area contributed by atoms with Gasteiger partial charge in [0.1, 0.15) is 0 Å². The maximum atomic E-state index is 10.9. The van der Waals surface area contributed by atoms with E-state index >= 15 is 0 Å². The van der Waals surface area contributed by atoms with E-state index in [9.17, 15) is 9.59 Å². The molecule has 3 aromatic rings. The standard InChI is InChI=1S/C19H17N3O.C3H7NO/c20-10-9-16-13-22(18-4-2-1-3-17(16)18)12-15-7-5-14(6-8-15)11-19(21)23;1-2-3(4)5/h1-8,13H,9,11-12H2,(H2,21,23);2H2,1H3,(H2,4,5). The first-order valence-corrected chi connectivity index (χ1v) is 9.02. The Labute approximate surface area is 164 Å². The van der Waals surface area contributed by atoms with Crippen LogP contribution in [-0.2, 0) is 29.0 Å². The van der Waals surface area contributed by atoms with Crippen LogP contribution in [0.25, 0.3) is 10.9 Å². The lowest BCUT2D eigenvalue weighted by Crippen LogP contribution is -2.13. The minimum absolute atomic E-state index is 0.245. The lowest BCUT2D eigenvalue weighted by molar-refractivity contribution is -0.118. The molecule has 0 spiro atoms. The van der Waals surface area contributed by atoms with Crippen LogP contribution in [0.15, 0.2) is 54.7 Å². The molecule has 4 N–H and O–H groups in total. The van der Waals surface area contributed by atoms with Crippen LogP contribution in [0, 0.1) is 11.3 Å². The van der Waals surface area contributed by atoms with Crippen molar-refractivity contribution in [1.29, 1.82) is 5.26 Å². The number of hydrogen-bond donors (Lipinski definition) is 2. The fourth-order valence-corrected chi connectivity index (χ4v) is 2.84. The van der Waals surface area contributed by atoms with Gasteiger partial charge in [-0.2, -0.15) is 5.26 Å². The van der Waals surface area contributed by atoms with Gasteiger partial charge in [0.15, 0.2) is 0 Å². The first kappa shape index (κ1) is 20.7. The smallest absolute Gasteiger partial charge is 0.221 e. The highest BCUT2D eigenvalue weighted by Gasteiger charge is 2.08. The monoisotopic (exact) mass is 376 g/mol. The minimum atomic E-state index is -0.324. The summed E-state index contributed by atoms with van der Waals surface area (Å²) in [6.45, 7) is 2.45. The lowest BCUT2D eigenvalue weighted by Gasteiger charge is -2.06. The van der Waals surface area contributed by atoms with Gasteiger partial charge in [0.25, 0.3) is 0 Å². The van der Waals surface area contributed by atoms with Gasteiger partial charge in [0.2, 0.25) is 11.8 Å². The molecule has 0 atom stereocenters. The zero-order valence-electron chi connectivity index (χ0n) is 15.9. The fraction of sp³-hybridized carbons (Fsp3) is 0.227. The number of hydrogen-bond acceptors (Lipinski definition) is 3. The Morgan fingerprint density at radius 2 is 1.61 bits per heavy atom. The predicted molar refractivity (Wildman–Crippen MR) is 109 cm³/mol. The van der Waals surface area contributed by atoms with E-state index in [1.54, 1.807) is 6.92 Å². The number of primary amides is 2. The molecule has 2 aromatic carbocycles. The summed E-state index contributed by atoms with van der Waals surface area (Å²) in [6, 6.07) is 18.2. The van der Waals surface area contributed by atoms with Gasteiger partial charge in [0.05, 0.1) is 18.9 Å². The van der Waals surface area contributed by atoms with E-state index in [0.29, 0.717) is 12.8 Å². The number of aromatic nitrogens is 1. The highest BCUT2D eigenvalue weighted by molar-refractivity contribution is 5.84. The molecule has 28 heavy (non-hydrogen) atoms. The van der Waals surface area contributed by atoms with Crippen molar-refractivity contribution in [2.24, 2.45) is 11.5 Å². The first-order chi connectivity index (χ1) is 13.4. The molecule has 1 aromatic heterocycles. The maximum absolute atomic E-state index is 10.9. The van der Waals surface area contributed by atoms with Crippen molar-refractivity contribution in [2.75, 3.05) is 0 Å². The lowest BCUT2D eigenvalue weighted by atomic mass is 10.1. The number of amides is 2. The van der Waals surface area contributed by atoms with E-state index in [1.165, 1.54) is 0 Å². The Kier molecular flexibility index (Phi) is 7.35. The SMILES string of the molecule is CCC(N)=O.N#CCc1cn(Cc2ccc(CC(N)=O)cc2)c2ccccc12. The molecule has 3 rings (SSSR count). The normalized spacial score (nSPS) is 10.0. The van der Waals surface area contributed by atoms with Crippen molar-refractivity contribution in [1.82, 2.24) is 4.57 Å². The van der Waals surface area contributed by atoms with Crippen LogP contribution in [0.5, 0.6) is 0 Å². The van der Waals surface area contributed by atoms with Gasteiger partial charge in [-0.15, -0.1) is 0 Å². The van der Waals surface area contributed by atoms with Gasteiger partial charge >= 0.3 is 0 Å². The summed E-state index contributed by atoms with van der Waals surface area (Å²) in [5, 5.41) is 10.1. The number of nitrogens with two attached hydrogens (primary N) is 2. The van der Waals surface area contributed by atoms with E-state index < -0.39 is 0 Å². The Balaban J connectivity index is 0.000000500. The van der Waals surface area contributed by atoms with Crippen molar-refractivity contribution < 1.29 is 9.59 Å². The van der Waals surface area contributed by atoms with Crippen LogP contribution in [-0.4, -0.2) is 16.4 Å². The molecule has 0 saturated heterocycles. The number of fused-ring (bicyclic) bond motifs is 1. The molecule has 0 unspecified atom stereocenters. The van der Waals surface area contributed by atoms with Gasteiger partial charge in [-0.25, -0.2) is 0 Å². The molecule has 0 fully saturated rings. The summed E-state index contributed by atoms with van der Waals surface area (Å²) in [4.78, 5) is 20.5. The summed E-state index contributed by atoms with van der Waals surface area (Å²) in [5.74, 6) is -0.569. The summed E-state index contributed by atoms with van der Waals surface area (Å²) >= 11 is 0. The second-order valence-electron chi connectivity index (χ2n) is 6.41. The van der Waals surface area contributed by atoms with Gasteiger partial charge in [0, 0.05) is 30.1 Å². The van der Waals surface area contributed by atoms with Crippen LogP contribution < -0.4 is 11.5 Å². The number of nitrogens with zero attached hydrogens (tertiary/aromatic N) is 2. The van der Waals surface area contributed by atoms with Gasteiger partial charge in [-0.05, 0) is 22.8 Å². The first-order valence-electron chi connectivity index (χ1n) is 9.02. The number of carbonyl (C=O) groups excluding carboxylic acids is 2. The second kappa shape index (κ2) is 9.93. The largest absolute Gasteiger partial charge is 0.370 e. The van der Waals surface area contributed by atoms with Gasteiger partial charge in [-0.1, -0.05) is 49.4 Å². The highest BCUT2D eigenvalue weighted by Crippen LogP contribution is 2.22. The Hall–Kier alpha value is -3.59. The predicted octanol–water partition coefficient (Wildman–Crippen LogP) is 2.67. The average Bonchev–Trinajstić information content (AvgIpc) is 3.01. The molecule has 0 aliphatic heterocycles. The van der Waals surface area contributed by atoms with Crippen LogP contribution in [0.1, 0.15) is 30.0 Å². The molecule has 0 radical (unpaired) electrons. The Bertz CT molecular complexity index is 998. The third-order valence-electron chi connectivity index (χ3n) is 4.24. The molecule has 0 aliphatic rings. The van der Waals surface area contributed by atoms with Gasteiger partial charge < -0.3 is 16.0 Å². The van der Waals surface area contributed by atoms with Crippen molar-refractivity contribution in [3.8, 4) is 6.07 Å². The van der Waals surface area contributed by atoms with Crippen LogP contribution >= 0.6 is 0 Å². The number of para-hydroxylation sites is 1. The molecule has 144 valence electrons. The zero-order valence-corrected chi connectivity index (χ0v) is 15.9. The minimum Gasteiger partial charge on any atom is -0.370 e. The zero-order chi connectivity index (χ0) is 20.5. The molecule has 2 amide bonds. The van der Waals surface area contributed by atoms with Crippen LogP contribution in [0.4, 0.5) is 0 Å². The molecule has 0 aliphatic carbocycles. The van der Waals surface area contributed by atoms with Crippen LogP contribution in [0.3, 0.4) is 0 Å². The average molecular weight is 376 g/mol. The highest BCUT2D eigenvalue weighted by atomic mass is 16.1. The number of nitriles is 1. The van der Waals surface area contributed by atoms with Crippen molar-refractivity contribution >= 4 is 22.7 Å². The quantitative estimate of drug-likeness (QED) is 0.689. The van der Waals surface area contributed by atoms with E-state index in [0.717, 1.165) is 34.1 Å². The topological polar surface area (TPSA) is 115 Å². The molecule has 6 nitrogen and oxygen atoms in total. The number of carbonyl (C=O) groups is 2. The Morgan fingerprint density at radius 1 is 1.00 bits per heavy atom. The Morgan fingerprint density at radius 3 is 2.18 bits per heavy atom. The van der Waals surface area contributed by atoms with E-state index in [-0.39, 0.29) is 18.2 Å². The summed E-state index contributed by atoms with van der Waals surface area (Å²) in [6.07, 6.45) is 3.16. The molecule has 6 heteroatoms. The van der Waals surface area contributed by atoms with Crippen molar-refractivity contribution in [3.05, 3.63) is 71.4 Å². The third kappa shape index (κ3) is 5.71. The van der Waals surface area contributed by atoms with Gasteiger partial charge in [-0.3, -0.25) is 9.59 Å². The third-order valence-corrected chi connectivity index (χ3v) is 4.24. The summed E-state index contributed by atoms with van der Waals surface area (Å²) in [5.41, 5.74) is 14.1. The maximum Gasteiger partial charge on any atom is 0.221 e. The molecule has 0 saturated carbocycles. The number of benzene rings is 2. The van der Waals surface area contributed by atoms with Crippen LogP contribution in [0.2, 0.25) is 0 Å². The summed E-state index contributed by atoms with van der Waals surface area (Å²) in [7, 11) is 0. The van der Waals surface area contributed by atoms with E-state index in [4.69, 9.17) is 11.0 Å². The van der Waals surface area contributed by atoms with E-state index in [1.807, 2.05) is 42.6 Å². The van der Waals surface area contributed by atoms with E-state index in [2.05, 4.69) is 28.5 Å².